The Morgan fingerprint density at radius 1 is 0.744 bits per heavy atom. The first-order valence-corrected chi connectivity index (χ1v) is 13.6. The zero-order chi connectivity index (χ0) is 31.6. The third-order valence-corrected chi connectivity index (χ3v) is 5.98. The number of imide groups is 1. The van der Waals surface area contributed by atoms with Crippen molar-refractivity contribution >= 4 is 47.3 Å². The third kappa shape index (κ3) is 13.9. The van der Waals surface area contributed by atoms with Gasteiger partial charge in [-0.05, 0) is 18.4 Å². The summed E-state index contributed by atoms with van der Waals surface area (Å²) in [6.07, 6.45) is 4.34. The number of nitrogens with one attached hydrogen (secondary N) is 5. The lowest BCUT2D eigenvalue weighted by Crippen LogP contribution is -2.52. The molecule has 0 fully saturated rings. The predicted octanol–water partition coefficient (Wildman–Crippen LogP) is -1.82. The summed E-state index contributed by atoms with van der Waals surface area (Å²) in [7, 11) is 0. The maximum Gasteiger partial charge on any atom is 0.304 e. The minimum atomic E-state index is -1.06. The molecule has 7 amide bonds. The Kier molecular flexibility index (Phi) is 14.6. The van der Waals surface area contributed by atoms with Crippen molar-refractivity contribution in [2.24, 2.45) is 0 Å². The van der Waals surface area contributed by atoms with Crippen LogP contribution in [0.1, 0.15) is 38.2 Å². The predicted molar refractivity (Wildman–Crippen MR) is 150 cm³/mol. The summed E-state index contributed by atoms with van der Waals surface area (Å²) in [6.45, 7) is -0.134. The van der Waals surface area contributed by atoms with Gasteiger partial charge in [0.15, 0.2) is 6.73 Å². The van der Waals surface area contributed by atoms with Crippen LogP contribution in [0.2, 0.25) is 0 Å². The Hall–Kier alpha value is -5.08. The van der Waals surface area contributed by atoms with E-state index in [9.17, 15) is 38.4 Å². The molecule has 1 aromatic rings. The summed E-state index contributed by atoms with van der Waals surface area (Å²) in [4.78, 5) is 96.2. The van der Waals surface area contributed by atoms with Gasteiger partial charge in [-0.25, -0.2) is 0 Å². The highest BCUT2D eigenvalue weighted by atomic mass is 16.5. The summed E-state index contributed by atoms with van der Waals surface area (Å²) in [6, 6.07) is 7.77. The first-order valence-electron chi connectivity index (χ1n) is 13.6. The highest BCUT2D eigenvalue weighted by molar-refractivity contribution is 6.12. The molecule has 1 aliphatic rings. The summed E-state index contributed by atoms with van der Waals surface area (Å²) < 4.78 is 4.60. The van der Waals surface area contributed by atoms with E-state index in [-0.39, 0.29) is 50.4 Å². The van der Waals surface area contributed by atoms with Gasteiger partial charge in [0.2, 0.25) is 29.5 Å². The van der Waals surface area contributed by atoms with Gasteiger partial charge in [0, 0.05) is 38.5 Å². The van der Waals surface area contributed by atoms with Crippen molar-refractivity contribution in [3.8, 4) is 0 Å². The minimum Gasteiger partial charge on any atom is -0.445 e. The van der Waals surface area contributed by atoms with Crippen LogP contribution in [0.4, 0.5) is 0 Å². The van der Waals surface area contributed by atoms with Crippen LogP contribution >= 0.6 is 0 Å². The van der Waals surface area contributed by atoms with E-state index in [0.717, 1.165) is 10.5 Å². The zero-order valence-corrected chi connectivity index (χ0v) is 23.8. The average Bonchev–Trinajstić information content (AvgIpc) is 3.29. The van der Waals surface area contributed by atoms with Gasteiger partial charge in [-0.1, -0.05) is 36.8 Å². The number of benzene rings is 1. The molecular weight excluding hydrogens is 564 g/mol. The van der Waals surface area contributed by atoms with Crippen LogP contribution in [-0.2, 0) is 49.5 Å². The van der Waals surface area contributed by atoms with Crippen molar-refractivity contribution in [3.63, 3.8) is 0 Å². The molecule has 0 aliphatic carbocycles. The van der Waals surface area contributed by atoms with Crippen LogP contribution < -0.4 is 26.6 Å². The number of unbranched alkanes of at least 4 members (excludes halogenated alkanes) is 2. The fourth-order valence-corrected chi connectivity index (χ4v) is 3.77. The van der Waals surface area contributed by atoms with E-state index in [1.165, 1.54) is 19.1 Å². The highest BCUT2D eigenvalue weighted by Gasteiger charge is 2.23. The molecule has 43 heavy (non-hydrogen) atoms. The van der Waals surface area contributed by atoms with Gasteiger partial charge in [0.1, 0.15) is 6.04 Å². The Balaban J connectivity index is 1.70. The molecule has 1 atom stereocenters. The molecule has 5 N–H and O–H groups in total. The number of carbonyl (C=O) groups excluding carboxylic acids is 8. The molecule has 1 heterocycles. The van der Waals surface area contributed by atoms with E-state index in [2.05, 4.69) is 31.3 Å². The minimum absolute atomic E-state index is 0.110. The largest absolute Gasteiger partial charge is 0.445 e. The van der Waals surface area contributed by atoms with Crippen LogP contribution in [0.25, 0.3) is 0 Å². The Morgan fingerprint density at radius 3 is 2.02 bits per heavy atom. The monoisotopic (exact) mass is 600 g/mol. The molecule has 15 nitrogen and oxygen atoms in total. The fourth-order valence-electron chi connectivity index (χ4n) is 3.77. The lowest BCUT2D eigenvalue weighted by Gasteiger charge is -2.19. The number of esters is 1. The number of carbonyl (C=O) groups is 8. The van der Waals surface area contributed by atoms with E-state index >= 15 is 0 Å². The standard InChI is InChI=1S/C28H36N6O9/c1-19(35)43-18-32-24(38)16-31-28(42)21(14-20-8-4-2-5-9-20)33-25(39)17-30-23(37)15-29-22(36)10-6-3-7-13-34-26(40)11-12-27(34)41/h2,4-5,8-9,11-12,21H,3,6-7,10,13-18H2,1H3,(H,29,36)(H,30,37)(H,31,42)(H,32,38)(H,33,39). The molecule has 0 saturated carbocycles. The van der Waals surface area contributed by atoms with E-state index < -0.39 is 48.7 Å². The summed E-state index contributed by atoms with van der Waals surface area (Å²) >= 11 is 0. The van der Waals surface area contributed by atoms with Crippen molar-refractivity contribution in [2.45, 2.75) is 45.1 Å². The van der Waals surface area contributed by atoms with Crippen LogP contribution in [0.3, 0.4) is 0 Å². The first kappa shape index (κ1) is 34.1. The molecule has 232 valence electrons. The van der Waals surface area contributed by atoms with Crippen LogP contribution in [0, 0.1) is 0 Å². The molecule has 0 spiro atoms. The first-order chi connectivity index (χ1) is 20.5. The summed E-state index contributed by atoms with van der Waals surface area (Å²) in [5.41, 5.74) is 0.740. The lowest BCUT2D eigenvalue weighted by atomic mass is 10.1. The summed E-state index contributed by atoms with van der Waals surface area (Å²) in [5.74, 6) is -4.19. The van der Waals surface area contributed by atoms with Crippen molar-refractivity contribution < 1.29 is 43.1 Å². The van der Waals surface area contributed by atoms with Crippen molar-refractivity contribution in [1.29, 1.82) is 0 Å². The van der Waals surface area contributed by atoms with Crippen LogP contribution in [0.5, 0.6) is 0 Å². The lowest BCUT2D eigenvalue weighted by molar-refractivity contribution is -0.143. The maximum atomic E-state index is 12.7. The molecular formula is C28H36N6O9. The quantitative estimate of drug-likeness (QED) is 0.0555. The molecule has 1 unspecified atom stereocenters. The van der Waals surface area contributed by atoms with E-state index in [0.29, 0.717) is 19.3 Å². The van der Waals surface area contributed by atoms with E-state index in [1.54, 1.807) is 30.3 Å². The average molecular weight is 601 g/mol. The molecule has 15 heteroatoms. The molecule has 1 aromatic carbocycles. The fraction of sp³-hybridized carbons (Fsp3) is 0.429. The van der Waals surface area contributed by atoms with Crippen molar-refractivity contribution in [2.75, 3.05) is 32.9 Å². The van der Waals surface area contributed by atoms with Gasteiger partial charge >= 0.3 is 5.97 Å². The number of amides is 7. The Labute approximate surface area is 248 Å². The van der Waals surface area contributed by atoms with E-state index in [4.69, 9.17) is 0 Å². The normalized spacial score (nSPS) is 12.7. The van der Waals surface area contributed by atoms with Gasteiger partial charge in [0.25, 0.3) is 11.8 Å². The molecule has 2 rings (SSSR count). The van der Waals surface area contributed by atoms with Gasteiger partial charge in [0.05, 0.1) is 19.6 Å². The van der Waals surface area contributed by atoms with E-state index in [1.807, 2.05) is 0 Å². The second-order valence-corrected chi connectivity index (χ2v) is 9.43. The maximum absolute atomic E-state index is 12.7. The second-order valence-electron chi connectivity index (χ2n) is 9.43. The smallest absolute Gasteiger partial charge is 0.304 e. The third-order valence-electron chi connectivity index (χ3n) is 5.98. The number of rotatable bonds is 18. The number of hydrogen-bond acceptors (Lipinski definition) is 9. The van der Waals surface area contributed by atoms with Gasteiger partial charge < -0.3 is 31.3 Å². The molecule has 0 radical (unpaired) electrons. The van der Waals surface area contributed by atoms with Gasteiger partial charge in [-0.15, -0.1) is 0 Å². The Bertz CT molecular complexity index is 1200. The molecule has 0 saturated heterocycles. The molecule has 0 aromatic heterocycles. The SMILES string of the molecule is CC(=O)OCNC(=O)CNC(=O)C(Cc1ccccc1)NC(=O)CNC(=O)CNC(=O)CCCCCN1C(=O)C=CC1=O. The highest BCUT2D eigenvalue weighted by Crippen LogP contribution is 2.08. The topological polar surface area (TPSA) is 209 Å². The summed E-state index contributed by atoms with van der Waals surface area (Å²) in [5, 5.41) is 12.1. The van der Waals surface area contributed by atoms with Crippen molar-refractivity contribution in [3.05, 3.63) is 48.0 Å². The van der Waals surface area contributed by atoms with Crippen LogP contribution in [0.15, 0.2) is 42.5 Å². The Morgan fingerprint density at radius 2 is 1.35 bits per heavy atom. The van der Waals surface area contributed by atoms with Gasteiger partial charge in [-0.2, -0.15) is 0 Å². The number of nitrogens with zero attached hydrogens (tertiary/aromatic N) is 1. The molecule has 0 bridgehead atoms. The zero-order valence-electron chi connectivity index (χ0n) is 23.8. The number of ether oxygens (including phenoxy) is 1. The van der Waals surface area contributed by atoms with Crippen molar-refractivity contribution in [1.82, 2.24) is 31.5 Å². The van der Waals surface area contributed by atoms with Crippen LogP contribution in [-0.4, -0.2) is 91.2 Å². The second kappa shape index (κ2) is 18.4. The molecule has 1 aliphatic heterocycles. The number of hydrogen-bond donors (Lipinski definition) is 5. The van der Waals surface area contributed by atoms with Gasteiger partial charge in [-0.3, -0.25) is 43.3 Å².